The van der Waals surface area contributed by atoms with Crippen LogP contribution in [0, 0.1) is 23.7 Å². The molecule has 0 heterocycles. The van der Waals surface area contributed by atoms with Gasteiger partial charge in [0.2, 0.25) is 0 Å². The summed E-state index contributed by atoms with van der Waals surface area (Å²) < 4.78 is 0. The minimum absolute atomic E-state index is 0.109. The number of hydrogen-bond acceptors (Lipinski definition) is 1. The lowest BCUT2D eigenvalue weighted by molar-refractivity contribution is 0.305. The van der Waals surface area contributed by atoms with E-state index in [0.29, 0.717) is 6.42 Å². The summed E-state index contributed by atoms with van der Waals surface area (Å²) in [5.74, 6) is 12.4. The van der Waals surface area contributed by atoms with Crippen LogP contribution in [0.3, 0.4) is 0 Å². The van der Waals surface area contributed by atoms with Gasteiger partial charge in [0.05, 0.1) is 6.61 Å². The van der Waals surface area contributed by atoms with E-state index in [1.165, 1.54) is 25.7 Å². The number of aliphatic hydroxyl groups excluding tert-OH is 1. The molecule has 0 aliphatic rings. The molecule has 0 aromatic heterocycles. The van der Waals surface area contributed by atoms with Crippen molar-refractivity contribution in [3.63, 3.8) is 0 Å². The van der Waals surface area contributed by atoms with Gasteiger partial charge in [-0.05, 0) is 18.6 Å². The first-order chi connectivity index (χ1) is 9.38. The van der Waals surface area contributed by atoms with Gasteiger partial charge in [0.25, 0.3) is 0 Å². The van der Waals surface area contributed by atoms with Crippen molar-refractivity contribution in [1.29, 1.82) is 0 Å². The largest absolute Gasteiger partial charge is 0.395 e. The lowest BCUT2D eigenvalue weighted by atomic mass is 10.1. The maximum atomic E-state index is 8.73. The molecule has 0 aliphatic carbocycles. The van der Waals surface area contributed by atoms with E-state index < -0.39 is 0 Å². The van der Waals surface area contributed by atoms with Gasteiger partial charge in [-0.25, -0.2) is 0 Å². The molecule has 0 atom stereocenters. The SMILES string of the molecule is CCCCCCC#Cc1ccccc1C#CCCO. The molecule has 19 heavy (non-hydrogen) atoms. The second-order valence-electron chi connectivity index (χ2n) is 4.43. The van der Waals surface area contributed by atoms with Crippen LogP contribution < -0.4 is 0 Å². The van der Waals surface area contributed by atoms with Gasteiger partial charge >= 0.3 is 0 Å². The maximum Gasteiger partial charge on any atom is 0.0540 e. The minimum atomic E-state index is 0.109. The van der Waals surface area contributed by atoms with Crippen molar-refractivity contribution in [3.05, 3.63) is 35.4 Å². The summed E-state index contributed by atoms with van der Waals surface area (Å²) in [4.78, 5) is 0. The molecule has 0 unspecified atom stereocenters. The van der Waals surface area contributed by atoms with E-state index >= 15 is 0 Å². The van der Waals surface area contributed by atoms with Crippen molar-refractivity contribution in [3.8, 4) is 23.7 Å². The van der Waals surface area contributed by atoms with E-state index in [2.05, 4.69) is 30.6 Å². The minimum Gasteiger partial charge on any atom is -0.395 e. The van der Waals surface area contributed by atoms with E-state index in [-0.39, 0.29) is 6.61 Å². The van der Waals surface area contributed by atoms with Gasteiger partial charge in [-0.2, -0.15) is 0 Å². The molecule has 1 aromatic rings. The summed E-state index contributed by atoms with van der Waals surface area (Å²) in [6, 6.07) is 7.93. The van der Waals surface area contributed by atoms with Crippen LogP contribution in [0.2, 0.25) is 0 Å². The zero-order valence-corrected chi connectivity index (χ0v) is 11.7. The first-order valence-electron chi connectivity index (χ1n) is 7.06. The molecular weight excluding hydrogens is 232 g/mol. The van der Waals surface area contributed by atoms with E-state index in [0.717, 1.165) is 17.5 Å². The predicted octanol–water partition coefficient (Wildman–Crippen LogP) is 3.74. The zero-order valence-electron chi connectivity index (χ0n) is 11.7. The predicted molar refractivity (Wildman–Crippen MR) is 80.7 cm³/mol. The van der Waals surface area contributed by atoms with Gasteiger partial charge in [0.15, 0.2) is 0 Å². The molecule has 0 bridgehead atoms. The Kier molecular flexibility index (Phi) is 8.28. The van der Waals surface area contributed by atoms with Crippen molar-refractivity contribution >= 4 is 0 Å². The molecule has 1 rings (SSSR count). The second-order valence-corrected chi connectivity index (χ2v) is 4.43. The van der Waals surface area contributed by atoms with Gasteiger partial charge in [-0.1, -0.05) is 62.0 Å². The summed E-state index contributed by atoms with van der Waals surface area (Å²) in [7, 11) is 0. The van der Waals surface area contributed by atoms with E-state index in [4.69, 9.17) is 5.11 Å². The lowest BCUT2D eigenvalue weighted by Crippen LogP contribution is -1.83. The second kappa shape index (κ2) is 10.2. The topological polar surface area (TPSA) is 20.2 Å². The number of hydrogen-bond donors (Lipinski definition) is 1. The van der Waals surface area contributed by atoms with Crippen LogP contribution in [-0.2, 0) is 0 Å². The van der Waals surface area contributed by atoms with Crippen molar-refractivity contribution < 1.29 is 5.11 Å². The molecule has 0 saturated carbocycles. The average Bonchev–Trinajstić information content (AvgIpc) is 2.44. The third kappa shape index (κ3) is 6.70. The van der Waals surface area contributed by atoms with Gasteiger partial charge in [-0.15, -0.1) is 0 Å². The molecule has 1 N–H and O–H groups in total. The Hall–Kier alpha value is -1.70. The number of rotatable bonds is 5. The van der Waals surface area contributed by atoms with Crippen LogP contribution in [0.5, 0.6) is 0 Å². The Bertz CT molecular complexity index is 480. The van der Waals surface area contributed by atoms with Crippen LogP contribution in [-0.4, -0.2) is 11.7 Å². The van der Waals surface area contributed by atoms with Crippen LogP contribution in [0.15, 0.2) is 24.3 Å². The highest BCUT2D eigenvalue weighted by Gasteiger charge is 1.93. The summed E-state index contributed by atoms with van der Waals surface area (Å²) >= 11 is 0. The number of unbranched alkanes of at least 4 members (excludes halogenated alkanes) is 4. The Morgan fingerprint density at radius 2 is 1.53 bits per heavy atom. The van der Waals surface area contributed by atoms with Gasteiger partial charge in [0, 0.05) is 24.0 Å². The van der Waals surface area contributed by atoms with Crippen LogP contribution in [0.4, 0.5) is 0 Å². The molecular formula is C18H22O. The molecule has 0 spiro atoms. The smallest absolute Gasteiger partial charge is 0.0540 e. The molecule has 0 aliphatic heterocycles. The van der Waals surface area contributed by atoms with E-state index in [1.807, 2.05) is 24.3 Å². The first-order valence-corrected chi connectivity index (χ1v) is 7.06. The number of benzene rings is 1. The van der Waals surface area contributed by atoms with Gasteiger partial charge in [0.1, 0.15) is 0 Å². The number of aliphatic hydroxyl groups is 1. The Morgan fingerprint density at radius 1 is 0.895 bits per heavy atom. The highest BCUT2D eigenvalue weighted by atomic mass is 16.2. The third-order valence-electron chi connectivity index (χ3n) is 2.77. The summed E-state index contributed by atoms with van der Waals surface area (Å²) in [5, 5.41) is 8.73. The van der Waals surface area contributed by atoms with Crippen molar-refractivity contribution in [2.45, 2.75) is 45.4 Å². The Morgan fingerprint density at radius 3 is 2.11 bits per heavy atom. The van der Waals surface area contributed by atoms with Crippen molar-refractivity contribution in [2.24, 2.45) is 0 Å². The highest BCUT2D eigenvalue weighted by molar-refractivity contribution is 5.49. The Balaban J connectivity index is 2.58. The quantitative estimate of drug-likeness (QED) is 0.627. The van der Waals surface area contributed by atoms with Crippen LogP contribution in [0.1, 0.15) is 56.6 Å². The molecule has 0 fully saturated rings. The standard InChI is InChI=1S/C18H22O/c1-2-3-4-5-6-7-12-17-13-8-9-14-18(17)15-10-11-16-19/h8-9,13-14,19H,2-6,11,16H2,1H3. The van der Waals surface area contributed by atoms with Crippen LogP contribution in [0.25, 0.3) is 0 Å². The van der Waals surface area contributed by atoms with Crippen molar-refractivity contribution in [2.75, 3.05) is 6.61 Å². The zero-order chi connectivity index (χ0) is 13.8. The van der Waals surface area contributed by atoms with Crippen LogP contribution >= 0.6 is 0 Å². The fraction of sp³-hybridized carbons (Fsp3) is 0.444. The molecule has 1 nitrogen and oxygen atoms in total. The molecule has 0 saturated heterocycles. The molecule has 1 heteroatoms. The molecule has 1 aromatic carbocycles. The fourth-order valence-corrected chi connectivity index (χ4v) is 1.71. The molecule has 0 radical (unpaired) electrons. The van der Waals surface area contributed by atoms with Gasteiger partial charge < -0.3 is 5.11 Å². The lowest BCUT2D eigenvalue weighted by Gasteiger charge is -1.95. The summed E-state index contributed by atoms with van der Waals surface area (Å²) in [5.41, 5.74) is 1.94. The normalized spacial score (nSPS) is 9.16. The molecule has 0 amide bonds. The first kappa shape index (κ1) is 15.4. The van der Waals surface area contributed by atoms with E-state index in [9.17, 15) is 0 Å². The Labute approximate surface area is 117 Å². The summed E-state index contributed by atoms with van der Waals surface area (Å²) in [6.45, 7) is 2.32. The fourth-order valence-electron chi connectivity index (χ4n) is 1.71. The summed E-state index contributed by atoms with van der Waals surface area (Å²) in [6.07, 6.45) is 6.47. The van der Waals surface area contributed by atoms with Gasteiger partial charge in [-0.3, -0.25) is 0 Å². The monoisotopic (exact) mass is 254 g/mol. The maximum absolute atomic E-state index is 8.73. The third-order valence-corrected chi connectivity index (χ3v) is 2.77. The highest BCUT2D eigenvalue weighted by Crippen LogP contribution is 2.06. The van der Waals surface area contributed by atoms with E-state index in [1.54, 1.807) is 0 Å². The average molecular weight is 254 g/mol. The molecule has 100 valence electrons. The van der Waals surface area contributed by atoms with Crippen molar-refractivity contribution in [1.82, 2.24) is 0 Å².